The summed E-state index contributed by atoms with van der Waals surface area (Å²) in [5.41, 5.74) is 0.829. The zero-order valence-electron chi connectivity index (χ0n) is 12.2. The highest BCUT2D eigenvalue weighted by Crippen LogP contribution is 2.26. The fraction of sp³-hybridized carbons (Fsp3) is 0.533. The first-order chi connectivity index (χ1) is 9.70. The molecule has 6 heteroatoms. The minimum absolute atomic E-state index is 0. The van der Waals surface area contributed by atoms with Crippen LogP contribution in [-0.2, 0) is 11.3 Å². The molecular formula is C15H22Cl2N2O2. The Morgan fingerprint density at radius 1 is 1.43 bits per heavy atom. The van der Waals surface area contributed by atoms with Crippen LogP contribution in [0.3, 0.4) is 0 Å². The van der Waals surface area contributed by atoms with Crippen LogP contribution in [0.4, 0.5) is 0 Å². The van der Waals surface area contributed by atoms with Gasteiger partial charge in [0, 0.05) is 23.6 Å². The minimum atomic E-state index is 0. The Morgan fingerprint density at radius 3 is 2.81 bits per heavy atom. The number of carbonyl (C=O) groups excluding carboxylic acids is 1. The van der Waals surface area contributed by atoms with Gasteiger partial charge < -0.3 is 15.4 Å². The van der Waals surface area contributed by atoms with E-state index in [1.165, 1.54) is 0 Å². The monoisotopic (exact) mass is 332 g/mol. The molecule has 21 heavy (non-hydrogen) atoms. The first-order valence-corrected chi connectivity index (χ1v) is 7.37. The molecule has 0 aromatic heterocycles. The van der Waals surface area contributed by atoms with E-state index in [4.69, 9.17) is 16.3 Å². The zero-order valence-corrected chi connectivity index (χ0v) is 13.7. The van der Waals surface area contributed by atoms with E-state index in [0.717, 1.165) is 31.5 Å². The normalized spacial score (nSPS) is 15.1. The molecule has 1 aromatic rings. The van der Waals surface area contributed by atoms with Gasteiger partial charge in [-0.05, 0) is 44.0 Å². The molecule has 0 spiro atoms. The number of amides is 1. The van der Waals surface area contributed by atoms with Crippen molar-refractivity contribution < 1.29 is 9.53 Å². The number of rotatable bonds is 5. The molecule has 0 saturated carbocycles. The molecule has 2 rings (SSSR count). The largest absolute Gasteiger partial charge is 0.496 e. The quantitative estimate of drug-likeness (QED) is 0.871. The molecule has 1 heterocycles. The first kappa shape index (κ1) is 18.1. The van der Waals surface area contributed by atoms with Gasteiger partial charge in [0.25, 0.3) is 0 Å². The highest BCUT2D eigenvalue weighted by Gasteiger charge is 2.17. The maximum atomic E-state index is 12.0. The van der Waals surface area contributed by atoms with Crippen molar-refractivity contribution in [2.45, 2.75) is 25.8 Å². The molecule has 2 N–H and O–H groups in total. The average molecular weight is 333 g/mol. The van der Waals surface area contributed by atoms with Crippen LogP contribution in [0.1, 0.15) is 24.8 Å². The second kappa shape index (κ2) is 9.13. The first-order valence-electron chi connectivity index (χ1n) is 6.99. The third-order valence-electron chi connectivity index (χ3n) is 3.69. The lowest BCUT2D eigenvalue weighted by molar-refractivity contribution is -0.122. The van der Waals surface area contributed by atoms with E-state index in [9.17, 15) is 4.79 Å². The van der Waals surface area contributed by atoms with Crippen LogP contribution >= 0.6 is 24.0 Å². The average Bonchev–Trinajstić information content (AvgIpc) is 2.46. The molecular weight excluding hydrogens is 311 g/mol. The van der Waals surface area contributed by atoms with Gasteiger partial charge in [-0.3, -0.25) is 4.79 Å². The van der Waals surface area contributed by atoms with Gasteiger partial charge in [-0.15, -0.1) is 12.4 Å². The van der Waals surface area contributed by atoms with E-state index in [-0.39, 0.29) is 18.3 Å². The van der Waals surface area contributed by atoms with Gasteiger partial charge in [-0.2, -0.15) is 0 Å². The van der Waals surface area contributed by atoms with Gasteiger partial charge in [0.2, 0.25) is 5.91 Å². The molecule has 1 aromatic carbocycles. The van der Waals surface area contributed by atoms with Crippen molar-refractivity contribution in [1.29, 1.82) is 0 Å². The van der Waals surface area contributed by atoms with E-state index in [2.05, 4.69) is 10.6 Å². The van der Waals surface area contributed by atoms with Crippen molar-refractivity contribution >= 4 is 29.9 Å². The summed E-state index contributed by atoms with van der Waals surface area (Å²) in [6.07, 6.45) is 2.74. The molecule has 1 amide bonds. The molecule has 1 aliphatic rings. The van der Waals surface area contributed by atoms with Crippen LogP contribution in [0.5, 0.6) is 5.75 Å². The molecule has 0 atom stereocenters. The minimum Gasteiger partial charge on any atom is -0.496 e. The summed E-state index contributed by atoms with van der Waals surface area (Å²) in [7, 11) is 1.60. The fourth-order valence-electron chi connectivity index (χ4n) is 2.51. The standard InChI is InChI=1S/C15H21ClN2O2.ClH/c1-20-14-4-2-3-13(16)12(14)10-18-15(19)9-11-5-7-17-8-6-11;/h2-4,11,17H,5-10H2,1H3,(H,18,19);1H. The third kappa shape index (κ3) is 5.38. The summed E-state index contributed by atoms with van der Waals surface area (Å²) in [5.74, 6) is 1.28. The Balaban J connectivity index is 0.00000220. The van der Waals surface area contributed by atoms with E-state index >= 15 is 0 Å². The molecule has 1 saturated heterocycles. The van der Waals surface area contributed by atoms with Gasteiger partial charge in [0.1, 0.15) is 5.75 Å². The Morgan fingerprint density at radius 2 is 2.14 bits per heavy atom. The Kier molecular flexibility index (Phi) is 7.86. The molecule has 0 unspecified atom stereocenters. The second-order valence-electron chi connectivity index (χ2n) is 5.09. The molecule has 0 aliphatic carbocycles. The van der Waals surface area contributed by atoms with Crippen LogP contribution in [-0.4, -0.2) is 26.1 Å². The SMILES string of the molecule is COc1cccc(Cl)c1CNC(=O)CC1CCNCC1.Cl. The smallest absolute Gasteiger partial charge is 0.220 e. The number of piperidine rings is 1. The lowest BCUT2D eigenvalue weighted by atomic mass is 9.94. The number of methoxy groups -OCH3 is 1. The van der Waals surface area contributed by atoms with E-state index in [0.29, 0.717) is 29.7 Å². The maximum absolute atomic E-state index is 12.0. The highest BCUT2D eigenvalue weighted by atomic mass is 35.5. The number of carbonyl (C=O) groups is 1. The summed E-state index contributed by atoms with van der Waals surface area (Å²) in [5, 5.41) is 6.86. The van der Waals surface area contributed by atoms with Gasteiger partial charge in [-0.25, -0.2) is 0 Å². The fourth-order valence-corrected chi connectivity index (χ4v) is 2.74. The molecule has 0 radical (unpaired) electrons. The van der Waals surface area contributed by atoms with Crippen LogP contribution in [0.2, 0.25) is 5.02 Å². The lowest BCUT2D eigenvalue weighted by Gasteiger charge is -2.22. The predicted molar refractivity (Wildman–Crippen MR) is 87.3 cm³/mol. The maximum Gasteiger partial charge on any atom is 0.220 e. The summed E-state index contributed by atoms with van der Waals surface area (Å²) in [4.78, 5) is 12.0. The highest BCUT2D eigenvalue weighted by molar-refractivity contribution is 6.31. The summed E-state index contributed by atoms with van der Waals surface area (Å²) in [6.45, 7) is 2.43. The molecule has 1 aliphatic heterocycles. The summed E-state index contributed by atoms with van der Waals surface area (Å²) >= 11 is 6.14. The number of benzene rings is 1. The van der Waals surface area contributed by atoms with Gasteiger partial charge >= 0.3 is 0 Å². The van der Waals surface area contributed by atoms with Crippen LogP contribution < -0.4 is 15.4 Å². The summed E-state index contributed by atoms with van der Waals surface area (Å²) in [6, 6.07) is 5.49. The molecule has 0 bridgehead atoms. The van der Waals surface area contributed by atoms with Crippen LogP contribution in [0.25, 0.3) is 0 Å². The molecule has 1 fully saturated rings. The number of nitrogens with one attached hydrogen (secondary N) is 2. The Labute approximate surface area is 137 Å². The Bertz CT molecular complexity index is 463. The zero-order chi connectivity index (χ0) is 14.4. The lowest BCUT2D eigenvalue weighted by Crippen LogP contribution is -2.32. The van der Waals surface area contributed by atoms with Crippen LogP contribution in [0, 0.1) is 5.92 Å². The Hall–Kier alpha value is -0.970. The molecule has 118 valence electrons. The number of hydrogen-bond acceptors (Lipinski definition) is 3. The topological polar surface area (TPSA) is 50.4 Å². The van der Waals surface area contributed by atoms with Crippen molar-refractivity contribution in [3.8, 4) is 5.75 Å². The van der Waals surface area contributed by atoms with E-state index < -0.39 is 0 Å². The number of halogens is 2. The second-order valence-corrected chi connectivity index (χ2v) is 5.50. The molecule has 4 nitrogen and oxygen atoms in total. The van der Waals surface area contributed by atoms with E-state index in [1.807, 2.05) is 12.1 Å². The van der Waals surface area contributed by atoms with Crippen molar-refractivity contribution in [3.63, 3.8) is 0 Å². The summed E-state index contributed by atoms with van der Waals surface area (Å²) < 4.78 is 5.26. The van der Waals surface area contributed by atoms with Crippen LogP contribution in [0.15, 0.2) is 18.2 Å². The van der Waals surface area contributed by atoms with Gasteiger partial charge in [-0.1, -0.05) is 17.7 Å². The van der Waals surface area contributed by atoms with Crippen molar-refractivity contribution in [1.82, 2.24) is 10.6 Å². The van der Waals surface area contributed by atoms with Crippen molar-refractivity contribution in [3.05, 3.63) is 28.8 Å². The number of hydrogen-bond donors (Lipinski definition) is 2. The number of ether oxygens (including phenoxy) is 1. The van der Waals surface area contributed by atoms with Gasteiger partial charge in [0.15, 0.2) is 0 Å². The van der Waals surface area contributed by atoms with Crippen molar-refractivity contribution in [2.75, 3.05) is 20.2 Å². The van der Waals surface area contributed by atoms with Crippen molar-refractivity contribution in [2.24, 2.45) is 5.92 Å². The van der Waals surface area contributed by atoms with E-state index in [1.54, 1.807) is 13.2 Å². The van der Waals surface area contributed by atoms with Gasteiger partial charge in [0.05, 0.1) is 7.11 Å². The predicted octanol–water partition coefficient (Wildman–Crippen LogP) is 2.78. The third-order valence-corrected chi connectivity index (χ3v) is 4.05.